The van der Waals surface area contributed by atoms with Gasteiger partial charge in [-0.15, -0.1) is 0 Å². The Morgan fingerprint density at radius 3 is 1.10 bits per heavy atom. The fourth-order valence-electron chi connectivity index (χ4n) is 6.63. The van der Waals surface area contributed by atoms with E-state index in [0.29, 0.717) is 12.8 Å². The lowest BCUT2D eigenvalue weighted by atomic mass is 9.99. The van der Waals surface area contributed by atoms with E-state index in [1.165, 1.54) is 7.11 Å². The summed E-state index contributed by atoms with van der Waals surface area (Å²) < 4.78 is 10.1. The molecule has 0 unspecified atom stereocenters. The predicted molar refractivity (Wildman–Crippen MR) is 235 cm³/mol. The number of carbonyl (C=O) groups is 8. The number of rotatable bonds is 27. The van der Waals surface area contributed by atoms with E-state index >= 15 is 0 Å². The summed E-state index contributed by atoms with van der Waals surface area (Å²) >= 11 is 0. The molecule has 0 spiro atoms. The Morgan fingerprint density at radius 1 is 0.426 bits per heavy atom. The van der Waals surface area contributed by atoms with Gasteiger partial charge in [0.25, 0.3) is 0 Å². The Kier molecular flexibility index (Phi) is 26.2. The van der Waals surface area contributed by atoms with Crippen molar-refractivity contribution in [3.05, 3.63) is 0 Å². The zero-order valence-electron chi connectivity index (χ0n) is 39.8. The number of nitrogens with one attached hydrogen (secondary N) is 7. The minimum atomic E-state index is -0.682. The summed E-state index contributed by atoms with van der Waals surface area (Å²) in [5.74, 6) is -2.15. The van der Waals surface area contributed by atoms with Gasteiger partial charge < -0.3 is 46.7 Å². The van der Waals surface area contributed by atoms with Crippen LogP contribution < -0.4 is 37.2 Å². The second-order valence-corrected chi connectivity index (χ2v) is 19.1. The number of ether oxygens (including phenoxy) is 2. The molecule has 0 bridgehead atoms. The monoisotopic (exact) mass is 868 g/mol. The van der Waals surface area contributed by atoms with Gasteiger partial charge in [0.1, 0.15) is 5.60 Å². The first-order chi connectivity index (χ1) is 28.1. The highest BCUT2D eigenvalue weighted by atomic mass is 16.6. The van der Waals surface area contributed by atoms with Gasteiger partial charge in [-0.1, -0.05) is 55.4 Å². The zero-order chi connectivity index (χ0) is 47.2. The van der Waals surface area contributed by atoms with E-state index in [4.69, 9.17) is 9.47 Å². The summed E-state index contributed by atoms with van der Waals surface area (Å²) in [6.45, 7) is 25.8. The number of esters is 1. The van der Waals surface area contributed by atoms with Crippen LogP contribution in [0.5, 0.6) is 0 Å². The largest absolute Gasteiger partial charge is 0.469 e. The van der Waals surface area contributed by atoms with Crippen LogP contribution in [0.2, 0.25) is 0 Å². The summed E-state index contributed by atoms with van der Waals surface area (Å²) in [5.41, 5.74) is -0.682. The maximum Gasteiger partial charge on any atom is 0.407 e. The highest BCUT2D eigenvalue weighted by molar-refractivity contribution is 5.84. The molecule has 0 heterocycles. The van der Waals surface area contributed by atoms with Gasteiger partial charge in [-0.05, 0) is 78.1 Å². The fourth-order valence-corrected chi connectivity index (χ4v) is 6.63. The van der Waals surface area contributed by atoms with Crippen molar-refractivity contribution >= 4 is 47.5 Å². The normalized spacial score (nSPS) is 15.1. The second kappa shape index (κ2) is 28.2. The van der Waals surface area contributed by atoms with E-state index < -0.39 is 53.9 Å². The first-order valence-corrected chi connectivity index (χ1v) is 21.9. The number of alkyl carbamates (subject to hydrolysis) is 1. The van der Waals surface area contributed by atoms with Crippen molar-refractivity contribution in [1.82, 2.24) is 37.2 Å². The summed E-state index contributed by atoms with van der Waals surface area (Å²) in [4.78, 5) is 102. The van der Waals surface area contributed by atoms with Gasteiger partial charge in [-0.2, -0.15) is 0 Å². The summed E-state index contributed by atoms with van der Waals surface area (Å²) in [5, 5.41) is 19.9. The van der Waals surface area contributed by atoms with E-state index in [0.717, 1.165) is 0 Å². The molecule has 7 atom stereocenters. The summed E-state index contributed by atoms with van der Waals surface area (Å²) in [6, 6.07) is -3.41. The third-order valence-corrected chi connectivity index (χ3v) is 9.48. The molecular formula is C44H81N7O10. The van der Waals surface area contributed by atoms with Crippen LogP contribution in [-0.4, -0.2) is 103 Å². The molecule has 352 valence electrons. The SMILES string of the molecule is COC(=O)C[C@H](CC(C)C)NC(=O)C[C@H](C)NC(=O)C[C@H](NC(=O)C[C@H](C)NC(=O)C[C@H](CC(C)C)NC(=O)C[C@H](C)NC(=O)C[C@H](NC(=O)OC(C)(C)C)C(C)C)C(C)C. The third-order valence-electron chi connectivity index (χ3n) is 9.48. The van der Waals surface area contributed by atoms with Crippen molar-refractivity contribution in [2.45, 2.75) is 203 Å². The molecule has 0 saturated heterocycles. The Morgan fingerprint density at radius 2 is 0.754 bits per heavy atom. The van der Waals surface area contributed by atoms with Gasteiger partial charge >= 0.3 is 12.1 Å². The van der Waals surface area contributed by atoms with Crippen molar-refractivity contribution in [2.24, 2.45) is 23.7 Å². The molecule has 17 nitrogen and oxygen atoms in total. The first-order valence-electron chi connectivity index (χ1n) is 21.9. The molecule has 0 radical (unpaired) electrons. The van der Waals surface area contributed by atoms with Crippen LogP contribution in [0.25, 0.3) is 0 Å². The number of carbonyl (C=O) groups excluding carboxylic acids is 8. The molecule has 0 rings (SSSR count). The molecule has 0 aromatic rings. The Labute approximate surface area is 365 Å². The minimum absolute atomic E-state index is 0.00508. The fraction of sp³-hybridized carbons (Fsp3) is 0.818. The van der Waals surface area contributed by atoms with Crippen LogP contribution in [0.15, 0.2) is 0 Å². The van der Waals surface area contributed by atoms with Crippen LogP contribution in [0.4, 0.5) is 4.79 Å². The Balaban J connectivity index is 5.10. The van der Waals surface area contributed by atoms with Crippen LogP contribution in [0.1, 0.15) is 155 Å². The molecule has 7 N–H and O–H groups in total. The van der Waals surface area contributed by atoms with Gasteiger partial charge in [0.15, 0.2) is 0 Å². The lowest BCUT2D eigenvalue weighted by Gasteiger charge is -2.26. The molecular weight excluding hydrogens is 787 g/mol. The molecule has 7 amide bonds. The van der Waals surface area contributed by atoms with E-state index in [9.17, 15) is 38.4 Å². The van der Waals surface area contributed by atoms with Crippen molar-refractivity contribution in [1.29, 1.82) is 0 Å². The Bertz CT molecular complexity index is 1430. The molecule has 0 aromatic heterocycles. The maximum absolute atomic E-state index is 13.1. The van der Waals surface area contributed by atoms with Crippen molar-refractivity contribution in [2.75, 3.05) is 7.11 Å². The lowest BCUT2D eigenvalue weighted by Crippen LogP contribution is -2.47. The average Bonchev–Trinajstić information content (AvgIpc) is 3.05. The lowest BCUT2D eigenvalue weighted by molar-refractivity contribution is -0.141. The summed E-state index contributed by atoms with van der Waals surface area (Å²) in [6.07, 6.45) is 0.480. The van der Waals surface area contributed by atoms with Crippen LogP contribution in [-0.2, 0) is 43.0 Å². The van der Waals surface area contributed by atoms with Gasteiger partial charge in [0.05, 0.1) is 13.5 Å². The minimum Gasteiger partial charge on any atom is -0.469 e. The van der Waals surface area contributed by atoms with Crippen molar-refractivity contribution in [3.63, 3.8) is 0 Å². The molecule has 0 aromatic carbocycles. The number of amides is 7. The van der Waals surface area contributed by atoms with Crippen molar-refractivity contribution < 1.29 is 47.8 Å². The van der Waals surface area contributed by atoms with Gasteiger partial charge in [-0.25, -0.2) is 4.79 Å². The molecule has 0 saturated carbocycles. The molecule has 61 heavy (non-hydrogen) atoms. The molecule has 0 aliphatic carbocycles. The highest BCUT2D eigenvalue weighted by Gasteiger charge is 2.27. The number of hydrogen-bond acceptors (Lipinski definition) is 10. The maximum atomic E-state index is 13.1. The molecule has 0 aliphatic rings. The molecule has 17 heteroatoms. The highest BCUT2D eigenvalue weighted by Crippen LogP contribution is 2.14. The van der Waals surface area contributed by atoms with E-state index in [1.807, 2.05) is 55.4 Å². The quantitative estimate of drug-likeness (QED) is 0.0582. The standard InChI is InChI=1S/C44H81N7O10/c1-25(2)16-32(48-36(52)18-29(9)47-41(57)24-35(28(7)8)51-43(59)61-44(12,13)14)21-39(55)45-31(11)20-38(54)50-34(27(5)6)23-40(56)46-30(10)19-37(53)49-33(17-26(3)4)22-42(58)60-15/h25-35H,16-24H2,1-15H3,(H,45,55)(H,46,56)(H,47,57)(H,48,52)(H,49,53)(H,50,54)(H,51,59)/t29-,30-,31-,32-,33-,34-,35-/m0/s1. The molecule has 0 aliphatic heterocycles. The van der Waals surface area contributed by atoms with E-state index in [1.54, 1.807) is 41.5 Å². The summed E-state index contributed by atoms with van der Waals surface area (Å²) in [7, 11) is 1.30. The number of methoxy groups -OCH3 is 1. The van der Waals surface area contributed by atoms with Crippen molar-refractivity contribution in [3.8, 4) is 0 Å². The average molecular weight is 868 g/mol. The van der Waals surface area contributed by atoms with Gasteiger partial charge in [-0.3, -0.25) is 33.6 Å². The molecule has 0 fully saturated rings. The van der Waals surface area contributed by atoms with Crippen LogP contribution >= 0.6 is 0 Å². The first kappa shape index (κ1) is 56.6. The predicted octanol–water partition coefficient (Wildman–Crippen LogP) is 4.16. The van der Waals surface area contributed by atoms with Gasteiger partial charge in [0.2, 0.25) is 35.4 Å². The zero-order valence-corrected chi connectivity index (χ0v) is 39.8. The second-order valence-electron chi connectivity index (χ2n) is 19.1. The smallest absolute Gasteiger partial charge is 0.407 e. The van der Waals surface area contributed by atoms with Crippen LogP contribution in [0.3, 0.4) is 0 Å². The topological polar surface area (TPSA) is 239 Å². The van der Waals surface area contributed by atoms with E-state index in [-0.39, 0.29) is 110 Å². The third kappa shape index (κ3) is 28.7. The van der Waals surface area contributed by atoms with Gasteiger partial charge in [0, 0.05) is 80.8 Å². The van der Waals surface area contributed by atoms with Crippen LogP contribution in [0, 0.1) is 23.7 Å². The Hall–Kier alpha value is -4.44. The number of hydrogen-bond donors (Lipinski definition) is 7. The van der Waals surface area contributed by atoms with E-state index in [2.05, 4.69) is 37.2 Å².